The molecule has 0 spiro atoms. The van der Waals surface area contributed by atoms with Crippen LogP contribution in [0.25, 0.3) is 0 Å². The summed E-state index contributed by atoms with van der Waals surface area (Å²) < 4.78 is 6.11. The normalized spacial score (nSPS) is 23.2. The lowest BCUT2D eigenvalue weighted by molar-refractivity contribution is -0.0223. The summed E-state index contributed by atoms with van der Waals surface area (Å²) in [6, 6.07) is 3.89. The number of aromatic nitrogens is 1. The summed E-state index contributed by atoms with van der Waals surface area (Å²) in [4.78, 5) is 4.58. The second-order valence-electron chi connectivity index (χ2n) is 5.18. The average molecular weight is 278 g/mol. The molecule has 1 heterocycles. The average Bonchev–Trinajstić information content (AvgIpc) is 2.45. The molecule has 3 nitrogen and oxygen atoms in total. The van der Waals surface area contributed by atoms with Crippen LogP contribution < -0.4 is 5.73 Å². The minimum atomic E-state index is 0.342. The van der Waals surface area contributed by atoms with Gasteiger partial charge in [-0.2, -0.15) is 0 Å². The van der Waals surface area contributed by atoms with Crippen molar-refractivity contribution in [2.24, 2.45) is 11.7 Å². The third kappa shape index (κ3) is 3.74. The molecule has 104 valence electrons. The van der Waals surface area contributed by atoms with Crippen LogP contribution in [0, 0.1) is 5.92 Å². The van der Waals surface area contributed by atoms with Crippen molar-refractivity contribution in [2.45, 2.75) is 51.7 Å². The number of pyridine rings is 1. The summed E-state index contributed by atoms with van der Waals surface area (Å²) in [6.45, 7) is 2.80. The maximum Gasteiger partial charge on any atom is 0.123 e. The van der Waals surface area contributed by atoms with E-state index in [4.69, 9.17) is 22.7 Å². The van der Waals surface area contributed by atoms with Crippen LogP contribution in [0.1, 0.15) is 50.3 Å². The van der Waals surface area contributed by atoms with E-state index in [0.717, 1.165) is 5.56 Å². The Morgan fingerprint density at radius 3 is 3.00 bits per heavy atom. The van der Waals surface area contributed by atoms with Gasteiger partial charge in [0.1, 0.15) is 10.7 Å². The lowest BCUT2D eigenvalue weighted by Crippen LogP contribution is -2.27. The Bertz CT molecular complexity index is 436. The molecule has 0 bridgehead atoms. The highest BCUT2D eigenvalue weighted by molar-refractivity contribution is 7.80. The zero-order chi connectivity index (χ0) is 13.7. The second-order valence-corrected chi connectivity index (χ2v) is 5.62. The molecular weight excluding hydrogens is 256 g/mol. The van der Waals surface area contributed by atoms with Gasteiger partial charge in [-0.1, -0.05) is 44.5 Å². The van der Waals surface area contributed by atoms with E-state index < -0.39 is 0 Å². The van der Waals surface area contributed by atoms with Crippen molar-refractivity contribution in [1.82, 2.24) is 4.98 Å². The van der Waals surface area contributed by atoms with Crippen LogP contribution in [0.15, 0.2) is 18.3 Å². The first-order valence-electron chi connectivity index (χ1n) is 7.07. The Balaban J connectivity index is 2.00. The van der Waals surface area contributed by atoms with Crippen molar-refractivity contribution < 1.29 is 4.74 Å². The number of nitrogens with two attached hydrogens (primary N) is 1. The van der Waals surface area contributed by atoms with Crippen molar-refractivity contribution >= 4 is 17.2 Å². The van der Waals surface area contributed by atoms with Gasteiger partial charge >= 0.3 is 0 Å². The van der Waals surface area contributed by atoms with E-state index in [1.807, 2.05) is 12.1 Å². The van der Waals surface area contributed by atoms with E-state index in [2.05, 4.69) is 11.9 Å². The van der Waals surface area contributed by atoms with Gasteiger partial charge in [-0.25, -0.2) is 0 Å². The van der Waals surface area contributed by atoms with Gasteiger partial charge in [0.15, 0.2) is 0 Å². The molecule has 1 aromatic rings. The lowest BCUT2D eigenvalue weighted by atomic mass is 9.85. The highest BCUT2D eigenvalue weighted by Gasteiger charge is 2.24. The predicted molar refractivity (Wildman–Crippen MR) is 81.0 cm³/mol. The quantitative estimate of drug-likeness (QED) is 0.840. The molecule has 1 saturated carbocycles. The molecule has 4 heteroatoms. The van der Waals surface area contributed by atoms with Gasteiger partial charge in [-0.15, -0.1) is 0 Å². The Morgan fingerprint density at radius 2 is 2.26 bits per heavy atom. The lowest BCUT2D eigenvalue weighted by Gasteiger charge is -2.30. The zero-order valence-corrected chi connectivity index (χ0v) is 12.3. The molecule has 0 saturated heterocycles. The first-order valence-corrected chi connectivity index (χ1v) is 7.48. The van der Waals surface area contributed by atoms with Gasteiger partial charge in [0.05, 0.1) is 12.7 Å². The van der Waals surface area contributed by atoms with Crippen molar-refractivity contribution in [3.63, 3.8) is 0 Å². The predicted octanol–water partition coefficient (Wildman–Crippen LogP) is 3.20. The van der Waals surface area contributed by atoms with Gasteiger partial charge in [-0.3, -0.25) is 4.98 Å². The Hall–Kier alpha value is -1.00. The van der Waals surface area contributed by atoms with Crippen LogP contribution in [0.2, 0.25) is 0 Å². The van der Waals surface area contributed by atoms with Gasteiger partial charge in [0.25, 0.3) is 0 Å². The fourth-order valence-electron chi connectivity index (χ4n) is 2.83. The largest absolute Gasteiger partial charge is 0.388 e. The molecule has 0 amide bonds. The standard InChI is InChI=1S/C15H22N2OS/c1-2-11-6-3-4-8-13(11)18-10-12-7-5-9-17-14(12)15(16)19/h5,7,9,11,13H,2-4,6,8,10H2,1H3,(H2,16,19). The molecule has 1 aromatic heterocycles. The summed E-state index contributed by atoms with van der Waals surface area (Å²) in [5.74, 6) is 0.693. The number of rotatable bonds is 5. The van der Waals surface area contributed by atoms with Crippen molar-refractivity contribution in [3.05, 3.63) is 29.6 Å². The molecule has 2 unspecified atom stereocenters. The first-order chi connectivity index (χ1) is 9.22. The fourth-order valence-corrected chi connectivity index (χ4v) is 3.02. The number of thiocarbonyl (C=S) groups is 1. The van der Waals surface area contributed by atoms with Crippen LogP contribution in [0.5, 0.6) is 0 Å². The molecule has 2 atom stereocenters. The summed E-state index contributed by atoms with van der Waals surface area (Å²) in [6.07, 6.45) is 8.35. The van der Waals surface area contributed by atoms with Crippen molar-refractivity contribution in [2.75, 3.05) is 0 Å². The summed E-state index contributed by atoms with van der Waals surface area (Å²) in [5.41, 5.74) is 7.38. The minimum absolute atomic E-state index is 0.342. The summed E-state index contributed by atoms with van der Waals surface area (Å²) in [7, 11) is 0. The number of hydrogen-bond acceptors (Lipinski definition) is 3. The van der Waals surface area contributed by atoms with Gasteiger partial charge < -0.3 is 10.5 Å². The fraction of sp³-hybridized carbons (Fsp3) is 0.600. The van der Waals surface area contributed by atoms with Crippen LogP contribution in [0.4, 0.5) is 0 Å². The van der Waals surface area contributed by atoms with Crippen LogP contribution >= 0.6 is 12.2 Å². The first kappa shape index (κ1) is 14.4. The Labute approximate surface area is 120 Å². The molecule has 2 N–H and O–H groups in total. The second kappa shape index (κ2) is 6.96. The smallest absolute Gasteiger partial charge is 0.123 e. The van der Waals surface area contributed by atoms with Gasteiger partial charge in [-0.05, 0) is 24.8 Å². The van der Waals surface area contributed by atoms with Gasteiger partial charge in [0.2, 0.25) is 0 Å². The third-order valence-electron chi connectivity index (χ3n) is 3.94. The van der Waals surface area contributed by atoms with E-state index in [-0.39, 0.29) is 0 Å². The molecule has 2 rings (SSSR count). The molecule has 0 aromatic carbocycles. The highest BCUT2D eigenvalue weighted by Crippen LogP contribution is 2.29. The van der Waals surface area contributed by atoms with Gasteiger partial charge in [0, 0.05) is 11.8 Å². The third-order valence-corrected chi connectivity index (χ3v) is 4.13. The summed E-state index contributed by atoms with van der Waals surface area (Å²) >= 11 is 5.03. The Morgan fingerprint density at radius 1 is 1.47 bits per heavy atom. The van der Waals surface area contributed by atoms with Crippen molar-refractivity contribution in [1.29, 1.82) is 0 Å². The topological polar surface area (TPSA) is 48.1 Å². The highest BCUT2D eigenvalue weighted by atomic mass is 32.1. The van der Waals surface area contributed by atoms with Crippen molar-refractivity contribution in [3.8, 4) is 0 Å². The molecule has 0 radical (unpaired) electrons. The van der Waals surface area contributed by atoms with Crippen LogP contribution in [0.3, 0.4) is 0 Å². The monoisotopic (exact) mass is 278 g/mol. The van der Waals surface area contributed by atoms with Crippen LogP contribution in [-0.4, -0.2) is 16.1 Å². The maximum absolute atomic E-state index is 6.11. The van der Waals surface area contributed by atoms with E-state index in [1.165, 1.54) is 32.1 Å². The van der Waals surface area contributed by atoms with E-state index in [0.29, 0.717) is 29.3 Å². The molecular formula is C15H22N2OS. The molecule has 1 aliphatic carbocycles. The molecule has 19 heavy (non-hydrogen) atoms. The van der Waals surface area contributed by atoms with E-state index in [9.17, 15) is 0 Å². The minimum Gasteiger partial charge on any atom is -0.388 e. The number of nitrogens with zero attached hydrogens (tertiary/aromatic N) is 1. The Kier molecular flexibility index (Phi) is 5.28. The molecule has 1 fully saturated rings. The summed E-state index contributed by atoms with van der Waals surface area (Å²) in [5, 5.41) is 0. The van der Waals surface area contributed by atoms with E-state index >= 15 is 0 Å². The SMILES string of the molecule is CCC1CCCCC1OCc1cccnc1C(N)=S. The molecule has 1 aliphatic rings. The number of ether oxygens (including phenoxy) is 1. The molecule has 0 aliphatic heterocycles. The number of hydrogen-bond donors (Lipinski definition) is 1. The maximum atomic E-state index is 6.11. The van der Waals surface area contributed by atoms with E-state index in [1.54, 1.807) is 6.20 Å². The zero-order valence-electron chi connectivity index (χ0n) is 11.5. The van der Waals surface area contributed by atoms with Crippen LogP contribution in [-0.2, 0) is 11.3 Å².